The molecule has 0 spiro atoms. The molecule has 3 rings (SSSR count). The van der Waals surface area contributed by atoms with Crippen LogP contribution in [0.25, 0.3) is 0 Å². The van der Waals surface area contributed by atoms with Crippen molar-refractivity contribution in [3.05, 3.63) is 53.4 Å². The van der Waals surface area contributed by atoms with Crippen molar-refractivity contribution in [3.63, 3.8) is 0 Å². The number of nitrogens with zero attached hydrogens (tertiary/aromatic N) is 5. The molecule has 2 heterocycles. The molecule has 0 saturated carbocycles. The predicted molar refractivity (Wildman–Crippen MR) is 72.8 cm³/mol. The van der Waals surface area contributed by atoms with Crippen LogP contribution in [0, 0.1) is 5.82 Å². The van der Waals surface area contributed by atoms with E-state index < -0.39 is 23.5 Å². The molecule has 0 aliphatic heterocycles. The fourth-order valence-corrected chi connectivity index (χ4v) is 1.94. The van der Waals surface area contributed by atoms with Gasteiger partial charge in [0.15, 0.2) is 5.69 Å². The number of nitrogens with one attached hydrogen (secondary N) is 1. The second-order valence-corrected chi connectivity index (χ2v) is 4.81. The van der Waals surface area contributed by atoms with Crippen LogP contribution in [-0.4, -0.2) is 31.1 Å². The lowest BCUT2D eigenvalue weighted by Gasteiger charge is -2.09. The van der Waals surface area contributed by atoms with Crippen LogP contribution in [0.4, 0.5) is 23.6 Å². The molecule has 0 radical (unpaired) electrons. The third kappa shape index (κ3) is 3.79. The Labute approximate surface area is 136 Å². The monoisotopic (exact) mass is 356 g/mol. The van der Waals surface area contributed by atoms with E-state index in [0.29, 0.717) is 6.07 Å². The molecule has 12 heteroatoms. The van der Waals surface area contributed by atoms with E-state index in [9.17, 15) is 22.4 Å². The van der Waals surface area contributed by atoms with E-state index in [-0.39, 0.29) is 23.8 Å². The van der Waals surface area contributed by atoms with E-state index in [1.807, 2.05) is 0 Å². The second-order valence-electron chi connectivity index (χ2n) is 4.81. The quantitative estimate of drug-likeness (QED) is 0.719. The number of hydrogen-bond acceptors (Lipinski definition) is 6. The summed E-state index contributed by atoms with van der Waals surface area (Å²) < 4.78 is 57.3. The number of alkyl halides is 3. The summed E-state index contributed by atoms with van der Waals surface area (Å²) >= 11 is 0. The van der Waals surface area contributed by atoms with Crippen LogP contribution < -0.4 is 5.32 Å². The number of benzene rings is 1. The number of carbonyl (C=O) groups is 1. The molecule has 1 aromatic carbocycles. The van der Waals surface area contributed by atoms with E-state index in [1.54, 1.807) is 0 Å². The zero-order valence-corrected chi connectivity index (χ0v) is 12.2. The normalized spacial score (nSPS) is 11.5. The molecular formula is C13H8F4N6O2. The highest BCUT2D eigenvalue weighted by Gasteiger charge is 2.34. The first kappa shape index (κ1) is 16.5. The molecule has 8 nitrogen and oxygen atoms in total. The predicted octanol–water partition coefficient (Wildman–Crippen LogP) is 2.12. The molecule has 0 saturated heterocycles. The van der Waals surface area contributed by atoms with Gasteiger partial charge in [-0.15, -0.1) is 10.2 Å². The van der Waals surface area contributed by atoms with Crippen molar-refractivity contribution >= 4 is 11.9 Å². The summed E-state index contributed by atoms with van der Waals surface area (Å²) in [6.45, 7) is -0.135. The number of carbonyl (C=O) groups excluding carboxylic acids is 1. The minimum absolute atomic E-state index is 0.114. The van der Waals surface area contributed by atoms with Gasteiger partial charge < -0.3 is 4.42 Å². The van der Waals surface area contributed by atoms with Gasteiger partial charge >= 0.3 is 12.2 Å². The van der Waals surface area contributed by atoms with Crippen molar-refractivity contribution in [3.8, 4) is 0 Å². The van der Waals surface area contributed by atoms with Gasteiger partial charge in [-0.25, -0.2) is 9.07 Å². The average Bonchev–Trinajstić information content (AvgIpc) is 3.20. The molecule has 3 aromatic rings. The summed E-state index contributed by atoms with van der Waals surface area (Å²) in [5.41, 5.74) is -1.35. The lowest BCUT2D eigenvalue weighted by molar-refractivity contribution is -0.140. The van der Waals surface area contributed by atoms with Crippen molar-refractivity contribution < 1.29 is 26.8 Å². The minimum atomic E-state index is -4.81. The highest BCUT2D eigenvalue weighted by atomic mass is 19.4. The first-order chi connectivity index (χ1) is 11.8. The smallest absolute Gasteiger partial charge is 0.411 e. The van der Waals surface area contributed by atoms with Crippen molar-refractivity contribution in [1.29, 1.82) is 0 Å². The number of halogens is 4. The third-order valence-corrected chi connectivity index (χ3v) is 3.03. The number of rotatable bonds is 4. The zero-order chi connectivity index (χ0) is 18.0. The Morgan fingerprint density at radius 1 is 1.28 bits per heavy atom. The molecule has 0 unspecified atom stereocenters. The minimum Gasteiger partial charge on any atom is -0.411 e. The van der Waals surface area contributed by atoms with Gasteiger partial charge in [-0.05, 0) is 17.7 Å². The largest absolute Gasteiger partial charge is 0.419 e. The first-order valence-electron chi connectivity index (χ1n) is 6.66. The topological polar surface area (TPSA) is 98.7 Å². The SMILES string of the molecule is O=C(Nc1nnco1)c1cn(Cc2ccc(F)c(C(F)(F)F)c2)nn1. The van der Waals surface area contributed by atoms with Gasteiger partial charge in [0.2, 0.25) is 6.39 Å². The Morgan fingerprint density at radius 3 is 2.76 bits per heavy atom. The first-order valence-corrected chi connectivity index (χ1v) is 6.66. The summed E-state index contributed by atoms with van der Waals surface area (Å²) in [5, 5.41) is 16.3. The Balaban J connectivity index is 1.74. The summed E-state index contributed by atoms with van der Waals surface area (Å²) in [7, 11) is 0. The van der Waals surface area contributed by atoms with Crippen LogP contribution in [-0.2, 0) is 12.7 Å². The number of anilines is 1. The molecule has 0 atom stereocenters. The average molecular weight is 356 g/mol. The molecule has 0 aliphatic rings. The van der Waals surface area contributed by atoms with Crippen LogP contribution in [0.1, 0.15) is 21.6 Å². The summed E-state index contributed by atoms with van der Waals surface area (Å²) in [6, 6.07) is 2.44. The zero-order valence-electron chi connectivity index (χ0n) is 12.2. The van der Waals surface area contributed by atoms with Crippen molar-refractivity contribution in [1.82, 2.24) is 25.2 Å². The molecule has 1 amide bonds. The van der Waals surface area contributed by atoms with Gasteiger partial charge in [0.1, 0.15) is 5.82 Å². The van der Waals surface area contributed by atoms with E-state index in [0.717, 1.165) is 17.1 Å². The maximum Gasteiger partial charge on any atom is 0.419 e. The third-order valence-electron chi connectivity index (χ3n) is 3.03. The van der Waals surface area contributed by atoms with Crippen molar-refractivity contribution in [2.24, 2.45) is 0 Å². The molecule has 2 aromatic heterocycles. The van der Waals surface area contributed by atoms with Gasteiger partial charge in [0.05, 0.1) is 18.3 Å². The number of aromatic nitrogens is 5. The summed E-state index contributed by atoms with van der Waals surface area (Å²) in [4.78, 5) is 11.9. The molecule has 0 aliphatic carbocycles. The second kappa shape index (κ2) is 6.30. The van der Waals surface area contributed by atoms with Gasteiger partial charge in [-0.2, -0.15) is 13.2 Å². The lowest BCUT2D eigenvalue weighted by atomic mass is 10.1. The molecular weight excluding hydrogens is 348 g/mol. The maximum atomic E-state index is 13.3. The van der Waals surface area contributed by atoms with Crippen molar-refractivity contribution in [2.75, 3.05) is 5.32 Å². The standard InChI is InChI=1S/C13H8F4N6O2/c14-9-2-1-7(3-8(9)13(15,16)17)4-23-5-10(20-22-23)11(24)19-12-21-18-6-25-12/h1-3,5-6H,4H2,(H,19,21,24). The fourth-order valence-electron chi connectivity index (χ4n) is 1.94. The molecule has 1 N–H and O–H groups in total. The number of hydrogen-bond donors (Lipinski definition) is 1. The van der Waals surface area contributed by atoms with Crippen LogP contribution in [0.3, 0.4) is 0 Å². The Bertz CT molecular complexity index is 890. The Morgan fingerprint density at radius 2 is 2.08 bits per heavy atom. The maximum absolute atomic E-state index is 13.3. The van der Waals surface area contributed by atoms with Crippen LogP contribution >= 0.6 is 0 Å². The Kier molecular flexibility index (Phi) is 4.17. The Hall–Kier alpha value is -3.31. The molecule has 25 heavy (non-hydrogen) atoms. The van der Waals surface area contributed by atoms with Gasteiger partial charge in [-0.1, -0.05) is 16.4 Å². The number of amides is 1. The van der Waals surface area contributed by atoms with Crippen LogP contribution in [0.2, 0.25) is 0 Å². The fraction of sp³-hybridized carbons (Fsp3) is 0.154. The van der Waals surface area contributed by atoms with Crippen molar-refractivity contribution in [2.45, 2.75) is 12.7 Å². The van der Waals surface area contributed by atoms with Crippen LogP contribution in [0.5, 0.6) is 0 Å². The highest BCUT2D eigenvalue weighted by molar-refractivity contribution is 6.01. The summed E-state index contributed by atoms with van der Waals surface area (Å²) in [6.07, 6.45) is -2.58. The molecule has 0 bridgehead atoms. The van der Waals surface area contributed by atoms with Gasteiger partial charge in [0.25, 0.3) is 5.91 Å². The molecule has 130 valence electrons. The van der Waals surface area contributed by atoms with Gasteiger partial charge in [-0.3, -0.25) is 10.1 Å². The van der Waals surface area contributed by atoms with E-state index in [4.69, 9.17) is 4.42 Å². The lowest BCUT2D eigenvalue weighted by Crippen LogP contribution is -2.12. The van der Waals surface area contributed by atoms with Crippen LogP contribution in [0.15, 0.2) is 35.2 Å². The molecule has 0 fully saturated rings. The van der Waals surface area contributed by atoms with E-state index in [1.165, 1.54) is 12.3 Å². The summed E-state index contributed by atoms with van der Waals surface area (Å²) in [5.74, 6) is -2.06. The van der Waals surface area contributed by atoms with Gasteiger partial charge in [0, 0.05) is 0 Å². The highest BCUT2D eigenvalue weighted by Crippen LogP contribution is 2.32. The van der Waals surface area contributed by atoms with E-state index >= 15 is 0 Å². The van der Waals surface area contributed by atoms with E-state index in [2.05, 4.69) is 25.8 Å².